The number of tetrazole rings is 2. The molecule has 0 spiro atoms. The highest BCUT2D eigenvalue weighted by molar-refractivity contribution is 7.07. The molecule has 0 aliphatic heterocycles. The first kappa shape index (κ1) is 12.3. The number of aromatic amines is 1. The molecular weight excluding hydrogens is 282 g/mol. The van der Waals surface area contributed by atoms with Gasteiger partial charge in [-0.2, -0.15) is 16.6 Å². The molecule has 20 heavy (non-hydrogen) atoms. The van der Waals surface area contributed by atoms with Crippen LogP contribution in [0.15, 0.2) is 23.2 Å². The van der Waals surface area contributed by atoms with Crippen LogP contribution in [-0.2, 0) is 4.79 Å². The molecule has 0 saturated carbocycles. The van der Waals surface area contributed by atoms with Gasteiger partial charge in [0.1, 0.15) is 6.33 Å². The summed E-state index contributed by atoms with van der Waals surface area (Å²) in [6, 6.07) is 1.65. The summed E-state index contributed by atoms with van der Waals surface area (Å²) in [4.78, 5) is 12.0. The van der Waals surface area contributed by atoms with Gasteiger partial charge in [0.25, 0.3) is 5.95 Å². The Morgan fingerprint density at radius 2 is 2.50 bits per heavy atom. The Kier molecular flexibility index (Phi) is 3.41. The van der Waals surface area contributed by atoms with Crippen LogP contribution in [0, 0.1) is 0 Å². The summed E-state index contributed by atoms with van der Waals surface area (Å²) in [5.41, 5.74) is 0.963. The van der Waals surface area contributed by atoms with E-state index < -0.39 is 0 Å². The van der Waals surface area contributed by atoms with Gasteiger partial charge >= 0.3 is 0 Å². The molecule has 11 heteroatoms. The Hall–Kier alpha value is -2.69. The SMILES string of the molecule is O=C(CC(c1ccsc1)n1cnnn1)Nc1nn[nH]n1. The molecule has 0 radical (unpaired) electrons. The lowest BCUT2D eigenvalue weighted by molar-refractivity contribution is -0.116. The van der Waals surface area contributed by atoms with Crippen molar-refractivity contribution in [2.45, 2.75) is 12.5 Å². The molecule has 1 amide bonds. The normalized spacial score (nSPS) is 12.2. The fraction of sp³-hybridized carbons (Fsp3) is 0.222. The molecule has 1 atom stereocenters. The van der Waals surface area contributed by atoms with Crippen LogP contribution in [0.4, 0.5) is 5.95 Å². The maximum atomic E-state index is 12.0. The number of anilines is 1. The Bertz CT molecular complexity index is 613. The molecule has 1 unspecified atom stereocenters. The molecule has 0 bridgehead atoms. The molecule has 3 rings (SSSR count). The molecule has 0 aliphatic rings. The van der Waals surface area contributed by atoms with Crippen LogP contribution >= 0.6 is 11.3 Å². The first-order valence-corrected chi connectivity index (χ1v) is 6.55. The van der Waals surface area contributed by atoms with Crippen molar-refractivity contribution in [3.05, 3.63) is 28.7 Å². The van der Waals surface area contributed by atoms with Crippen LogP contribution in [0.25, 0.3) is 0 Å². The van der Waals surface area contributed by atoms with Gasteiger partial charge in [-0.1, -0.05) is 5.10 Å². The number of nitrogens with one attached hydrogen (secondary N) is 2. The zero-order chi connectivity index (χ0) is 13.8. The predicted molar refractivity (Wildman–Crippen MR) is 67.7 cm³/mol. The summed E-state index contributed by atoms with van der Waals surface area (Å²) in [6.07, 6.45) is 1.64. The molecule has 0 aliphatic carbocycles. The Labute approximate surface area is 116 Å². The van der Waals surface area contributed by atoms with Gasteiger partial charge in [0.15, 0.2) is 0 Å². The van der Waals surface area contributed by atoms with Gasteiger partial charge in [-0.05, 0) is 38.0 Å². The van der Waals surface area contributed by atoms with E-state index in [2.05, 4.69) is 41.5 Å². The fourth-order valence-corrected chi connectivity index (χ4v) is 2.41. The lowest BCUT2D eigenvalue weighted by Crippen LogP contribution is -2.21. The van der Waals surface area contributed by atoms with Gasteiger partial charge in [0.05, 0.1) is 12.5 Å². The van der Waals surface area contributed by atoms with E-state index in [9.17, 15) is 4.79 Å². The van der Waals surface area contributed by atoms with Crippen LogP contribution in [0.1, 0.15) is 18.0 Å². The third-order valence-corrected chi connectivity index (χ3v) is 3.29. The maximum Gasteiger partial charge on any atom is 0.269 e. The van der Waals surface area contributed by atoms with Gasteiger partial charge in [0, 0.05) is 0 Å². The topological polar surface area (TPSA) is 127 Å². The number of aromatic nitrogens is 8. The van der Waals surface area contributed by atoms with Crippen LogP contribution in [0.5, 0.6) is 0 Å². The van der Waals surface area contributed by atoms with Crippen molar-refractivity contribution in [2.75, 3.05) is 5.32 Å². The summed E-state index contributed by atoms with van der Waals surface area (Å²) >= 11 is 1.54. The number of nitrogens with zero attached hydrogens (tertiary/aromatic N) is 7. The highest BCUT2D eigenvalue weighted by atomic mass is 32.1. The summed E-state index contributed by atoms with van der Waals surface area (Å²) in [7, 11) is 0. The molecule has 102 valence electrons. The van der Waals surface area contributed by atoms with Gasteiger partial charge < -0.3 is 0 Å². The van der Waals surface area contributed by atoms with Crippen LogP contribution in [-0.4, -0.2) is 46.7 Å². The van der Waals surface area contributed by atoms with Gasteiger partial charge in [0.2, 0.25) is 5.91 Å². The van der Waals surface area contributed by atoms with E-state index in [4.69, 9.17) is 0 Å². The lowest BCUT2D eigenvalue weighted by Gasteiger charge is -2.14. The largest absolute Gasteiger partial charge is 0.292 e. The van der Waals surface area contributed by atoms with Crippen molar-refractivity contribution in [1.29, 1.82) is 0 Å². The summed E-state index contributed by atoms with van der Waals surface area (Å²) in [5, 5.41) is 30.4. The Morgan fingerprint density at radius 3 is 3.15 bits per heavy atom. The molecule has 0 saturated heterocycles. The average molecular weight is 291 g/mol. The Morgan fingerprint density at radius 1 is 1.55 bits per heavy atom. The second-order valence-corrected chi connectivity index (χ2v) is 4.63. The van der Waals surface area contributed by atoms with Crippen LogP contribution < -0.4 is 5.32 Å². The standard InChI is InChI=1S/C9H9N9OS/c19-8(11-9-12-15-16-13-9)3-7(6-1-2-20-4-6)18-5-10-14-17-18/h1-2,4-5,7H,3H2,(H2,11,12,13,15,16,19). The van der Waals surface area contributed by atoms with E-state index in [-0.39, 0.29) is 24.3 Å². The summed E-state index contributed by atoms with van der Waals surface area (Å²) < 4.78 is 1.54. The highest BCUT2D eigenvalue weighted by Gasteiger charge is 2.20. The number of hydrogen-bond acceptors (Lipinski definition) is 8. The minimum atomic E-state index is -0.275. The quantitative estimate of drug-likeness (QED) is 0.670. The first-order valence-electron chi connectivity index (χ1n) is 5.61. The highest BCUT2D eigenvalue weighted by Crippen LogP contribution is 2.23. The zero-order valence-electron chi connectivity index (χ0n) is 10.0. The molecular formula is C9H9N9OS. The van der Waals surface area contributed by atoms with Crippen molar-refractivity contribution < 1.29 is 4.79 Å². The van der Waals surface area contributed by atoms with E-state index in [1.807, 2.05) is 16.8 Å². The number of carbonyl (C=O) groups excluding carboxylic acids is 1. The number of thiophene rings is 1. The lowest BCUT2D eigenvalue weighted by atomic mass is 10.1. The third-order valence-electron chi connectivity index (χ3n) is 2.59. The number of hydrogen-bond donors (Lipinski definition) is 2. The average Bonchev–Trinajstić information content (AvgIpc) is 3.18. The molecule has 0 fully saturated rings. The van der Waals surface area contributed by atoms with Gasteiger partial charge in [-0.25, -0.2) is 4.68 Å². The second kappa shape index (κ2) is 5.52. The van der Waals surface area contributed by atoms with Gasteiger partial charge in [-0.3, -0.25) is 10.1 Å². The second-order valence-electron chi connectivity index (χ2n) is 3.85. The molecule has 3 heterocycles. The smallest absolute Gasteiger partial charge is 0.269 e. The maximum absolute atomic E-state index is 12.0. The monoisotopic (exact) mass is 291 g/mol. The minimum absolute atomic E-state index is 0.135. The third kappa shape index (κ3) is 2.66. The summed E-state index contributed by atoms with van der Waals surface area (Å²) in [5.74, 6) is -0.117. The van der Waals surface area contributed by atoms with E-state index in [0.29, 0.717) is 0 Å². The number of amides is 1. The molecule has 3 aromatic heterocycles. The van der Waals surface area contributed by atoms with Crippen molar-refractivity contribution >= 4 is 23.2 Å². The van der Waals surface area contributed by atoms with E-state index in [0.717, 1.165) is 5.56 Å². The van der Waals surface area contributed by atoms with Crippen LogP contribution in [0.3, 0.4) is 0 Å². The van der Waals surface area contributed by atoms with E-state index >= 15 is 0 Å². The predicted octanol–water partition coefficient (Wildman–Crippen LogP) is -0.134. The fourth-order valence-electron chi connectivity index (χ4n) is 1.71. The van der Waals surface area contributed by atoms with E-state index in [1.54, 1.807) is 11.3 Å². The zero-order valence-corrected chi connectivity index (χ0v) is 10.9. The first-order chi connectivity index (χ1) is 9.83. The number of carbonyl (C=O) groups is 1. The molecule has 2 N–H and O–H groups in total. The molecule has 0 aromatic carbocycles. The van der Waals surface area contributed by atoms with Crippen molar-refractivity contribution in [2.24, 2.45) is 0 Å². The van der Waals surface area contributed by atoms with Crippen LogP contribution in [0.2, 0.25) is 0 Å². The number of H-pyrrole nitrogens is 1. The summed E-state index contributed by atoms with van der Waals surface area (Å²) in [6.45, 7) is 0. The van der Waals surface area contributed by atoms with Crippen molar-refractivity contribution in [3.63, 3.8) is 0 Å². The van der Waals surface area contributed by atoms with E-state index in [1.165, 1.54) is 11.0 Å². The molecule has 10 nitrogen and oxygen atoms in total. The number of rotatable bonds is 5. The van der Waals surface area contributed by atoms with Gasteiger partial charge in [-0.15, -0.1) is 10.2 Å². The molecule has 3 aromatic rings. The van der Waals surface area contributed by atoms with Crippen molar-refractivity contribution in [1.82, 2.24) is 40.8 Å². The minimum Gasteiger partial charge on any atom is -0.292 e. The Balaban J connectivity index is 1.75. The van der Waals surface area contributed by atoms with Crippen molar-refractivity contribution in [3.8, 4) is 0 Å².